The van der Waals surface area contributed by atoms with Gasteiger partial charge < -0.3 is 10.1 Å². The van der Waals surface area contributed by atoms with E-state index < -0.39 is 0 Å². The molecule has 1 N–H and O–H groups in total. The van der Waals surface area contributed by atoms with Crippen LogP contribution in [0.15, 0.2) is 0 Å². The number of thioether (sulfide) groups is 2. The van der Waals surface area contributed by atoms with E-state index in [2.05, 4.69) is 35.8 Å². The lowest BCUT2D eigenvalue weighted by Crippen LogP contribution is -2.50. The minimum absolute atomic E-state index is 0.241. The molecule has 0 aromatic rings. The van der Waals surface area contributed by atoms with Crippen LogP contribution in [0, 0.1) is 5.92 Å². The first-order valence-electron chi connectivity index (χ1n) is 7.90. The van der Waals surface area contributed by atoms with Crippen molar-refractivity contribution in [2.45, 2.75) is 55.9 Å². The molecule has 0 bridgehead atoms. The SMILES string of the molecule is CCNC(C1CCOC2(CCSC2)C1)C1CCCS1. The van der Waals surface area contributed by atoms with E-state index in [1.54, 1.807) is 0 Å². The van der Waals surface area contributed by atoms with E-state index in [0.29, 0.717) is 0 Å². The van der Waals surface area contributed by atoms with Crippen LogP contribution in [-0.4, -0.2) is 47.3 Å². The minimum atomic E-state index is 0.241. The van der Waals surface area contributed by atoms with Gasteiger partial charge in [0.15, 0.2) is 0 Å². The van der Waals surface area contributed by atoms with Crippen LogP contribution in [0.5, 0.6) is 0 Å². The lowest BCUT2D eigenvalue weighted by Gasteiger charge is -2.42. The van der Waals surface area contributed by atoms with Gasteiger partial charge in [-0.1, -0.05) is 6.92 Å². The molecule has 3 fully saturated rings. The standard InChI is InChI=1S/C15H27NOS2/c1-2-16-14(13-4-3-8-19-13)12-5-7-17-15(10-12)6-9-18-11-15/h12-14,16H,2-11H2,1H3. The Bertz CT molecular complexity index is 288. The van der Waals surface area contributed by atoms with Crippen molar-refractivity contribution in [2.24, 2.45) is 5.92 Å². The molecular formula is C15H27NOS2. The second kappa shape index (κ2) is 6.59. The van der Waals surface area contributed by atoms with Gasteiger partial charge in [-0.15, -0.1) is 0 Å². The molecule has 0 aromatic carbocycles. The summed E-state index contributed by atoms with van der Waals surface area (Å²) in [5.41, 5.74) is 0.241. The Labute approximate surface area is 126 Å². The Morgan fingerprint density at radius 2 is 2.32 bits per heavy atom. The van der Waals surface area contributed by atoms with E-state index in [4.69, 9.17) is 4.74 Å². The van der Waals surface area contributed by atoms with Crippen LogP contribution < -0.4 is 5.32 Å². The van der Waals surface area contributed by atoms with Gasteiger partial charge in [-0.3, -0.25) is 0 Å². The molecule has 2 nitrogen and oxygen atoms in total. The summed E-state index contributed by atoms with van der Waals surface area (Å²) in [6.07, 6.45) is 6.68. The third-order valence-corrected chi connectivity index (χ3v) is 7.62. The first-order valence-corrected chi connectivity index (χ1v) is 10.1. The van der Waals surface area contributed by atoms with Crippen molar-refractivity contribution in [1.29, 1.82) is 0 Å². The second-order valence-electron chi connectivity index (χ2n) is 6.22. The molecule has 110 valence electrons. The minimum Gasteiger partial charge on any atom is -0.374 e. The topological polar surface area (TPSA) is 21.3 Å². The molecule has 3 rings (SSSR count). The van der Waals surface area contributed by atoms with Crippen LogP contribution in [0.4, 0.5) is 0 Å². The van der Waals surface area contributed by atoms with Gasteiger partial charge in [0.2, 0.25) is 0 Å². The average molecular weight is 302 g/mol. The van der Waals surface area contributed by atoms with Gasteiger partial charge in [0.25, 0.3) is 0 Å². The zero-order valence-corrected chi connectivity index (χ0v) is 13.7. The van der Waals surface area contributed by atoms with Gasteiger partial charge in [-0.2, -0.15) is 23.5 Å². The van der Waals surface area contributed by atoms with Crippen molar-refractivity contribution < 1.29 is 4.74 Å². The third-order valence-electron chi connectivity index (χ3n) is 4.91. The highest BCUT2D eigenvalue weighted by Crippen LogP contribution is 2.43. The quantitative estimate of drug-likeness (QED) is 0.860. The highest BCUT2D eigenvalue weighted by atomic mass is 32.2. The average Bonchev–Trinajstić information content (AvgIpc) is 3.08. The Kier molecular flexibility index (Phi) is 5.05. The molecule has 3 heterocycles. The lowest BCUT2D eigenvalue weighted by atomic mass is 9.79. The van der Waals surface area contributed by atoms with Crippen LogP contribution >= 0.6 is 23.5 Å². The number of rotatable bonds is 4. The summed E-state index contributed by atoms with van der Waals surface area (Å²) in [4.78, 5) is 0. The van der Waals surface area contributed by atoms with Crippen LogP contribution in [0.1, 0.15) is 39.0 Å². The third kappa shape index (κ3) is 3.28. The van der Waals surface area contributed by atoms with Crippen molar-refractivity contribution in [2.75, 3.05) is 30.4 Å². The number of hydrogen-bond acceptors (Lipinski definition) is 4. The molecular weight excluding hydrogens is 274 g/mol. The van der Waals surface area contributed by atoms with E-state index in [9.17, 15) is 0 Å². The van der Waals surface area contributed by atoms with E-state index in [1.165, 1.54) is 49.4 Å². The Hall–Kier alpha value is 0.620. The number of hydrogen-bond donors (Lipinski definition) is 1. The van der Waals surface area contributed by atoms with Crippen molar-refractivity contribution >= 4 is 23.5 Å². The van der Waals surface area contributed by atoms with Crippen LogP contribution in [0.2, 0.25) is 0 Å². The van der Waals surface area contributed by atoms with Gasteiger partial charge in [0, 0.05) is 23.7 Å². The van der Waals surface area contributed by atoms with Crippen molar-refractivity contribution in [3.8, 4) is 0 Å². The van der Waals surface area contributed by atoms with Gasteiger partial charge in [0.1, 0.15) is 0 Å². The van der Waals surface area contributed by atoms with Crippen molar-refractivity contribution in [3.63, 3.8) is 0 Å². The van der Waals surface area contributed by atoms with E-state index in [0.717, 1.165) is 30.4 Å². The van der Waals surface area contributed by atoms with Crippen LogP contribution in [0.3, 0.4) is 0 Å². The highest BCUT2D eigenvalue weighted by molar-refractivity contribution is 8.00. The lowest BCUT2D eigenvalue weighted by molar-refractivity contribution is -0.0850. The second-order valence-corrected chi connectivity index (χ2v) is 8.67. The summed E-state index contributed by atoms with van der Waals surface area (Å²) < 4.78 is 6.19. The molecule has 4 heteroatoms. The number of nitrogens with one attached hydrogen (secondary N) is 1. The largest absolute Gasteiger partial charge is 0.374 e. The fourth-order valence-corrected chi connectivity index (χ4v) is 6.83. The summed E-state index contributed by atoms with van der Waals surface area (Å²) in [6.45, 7) is 4.36. The van der Waals surface area contributed by atoms with E-state index in [-0.39, 0.29) is 5.60 Å². The first kappa shape index (κ1) is 14.6. The van der Waals surface area contributed by atoms with Gasteiger partial charge in [0.05, 0.1) is 5.60 Å². The molecule has 3 saturated heterocycles. The number of ether oxygens (including phenoxy) is 1. The fourth-order valence-electron chi connectivity index (χ4n) is 3.96. The van der Waals surface area contributed by atoms with Crippen LogP contribution in [-0.2, 0) is 4.74 Å². The summed E-state index contributed by atoms with van der Waals surface area (Å²) >= 11 is 4.29. The molecule has 0 radical (unpaired) electrons. The Morgan fingerprint density at radius 1 is 1.37 bits per heavy atom. The van der Waals surface area contributed by atoms with Gasteiger partial charge >= 0.3 is 0 Å². The molecule has 0 saturated carbocycles. The summed E-state index contributed by atoms with van der Waals surface area (Å²) in [5.74, 6) is 4.75. The predicted molar refractivity (Wildman–Crippen MR) is 86.3 cm³/mol. The predicted octanol–water partition coefficient (Wildman–Crippen LogP) is 3.16. The van der Waals surface area contributed by atoms with E-state index >= 15 is 0 Å². The zero-order valence-electron chi connectivity index (χ0n) is 12.0. The molecule has 0 aliphatic carbocycles. The van der Waals surface area contributed by atoms with Crippen molar-refractivity contribution in [1.82, 2.24) is 5.32 Å². The molecule has 3 aliphatic rings. The fraction of sp³-hybridized carbons (Fsp3) is 1.00. The highest BCUT2D eigenvalue weighted by Gasteiger charge is 2.44. The molecule has 3 aliphatic heterocycles. The Balaban J connectivity index is 1.66. The maximum atomic E-state index is 6.19. The normalized spacial score (nSPS) is 40.9. The summed E-state index contributed by atoms with van der Waals surface area (Å²) in [5, 5.41) is 4.67. The first-order chi connectivity index (χ1) is 9.33. The maximum Gasteiger partial charge on any atom is 0.0783 e. The molecule has 4 atom stereocenters. The summed E-state index contributed by atoms with van der Waals surface area (Å²) in [6, 6.07) is 0.726. The maximum absolute atomic E-state index is 6.19. The molecule has 0 aromatic heterocycles. The van der Waals surface area contributed by atoms with Gasteiger partial charge in [-0.05, 0) is 56.1 Å². The Morgan fingerprint density at radius 3 is 3.00 bits per heavy atom. The molecule has 19 heavy (non-hydrogen) atoms. The molecule has 0 amide bonds. The van der Waals surface area contributed by atoms with Crippen LogP contribution in [0.25, 0.3) is 0 Å². The smallest absolute Gasteiger partial charge is 0.0783 e. The van der Waals surface area contributed by atoms with Gasteiger partial charge in [-0.25, -0.2) is 0 Å². The zero-order chi connectivity index (χ0) is 13.1. The van der Waals surface area contributed by atoms with Crippen molar-refractivity contribution in [3.05, 3.63) is 0 Å². The summed E-state index contributed by atoms with van der Waals surface area (Å²) in [7, 11) is 0. The monoisotopic (exact) mass is 301 g/mol. The molecule has 4 unspecified atom stereocenters. The molecule has 1 spiro atoms. The van der Waals surface area contributed by atoms with E-state index in [1.807, 2.05) is 0 Å².